The fraction of sp³-hybridized carbons (Fsp3) is 0.364. The van der Waals surface area contributed by atoms with Gasteiger partial charge in [0.15, 0.2) is 0 Å². The Morgan fingerprint density at radius 2 is 1.94 bits per heavy atom. The number of aliphatic hydroxyl groups excluding tert-OH is 2. The first-order valence-electron chi connectivity index (χ1n) is 5.04. The molecule has 1 unspecified atom stereocenters. The van der Waals surface area contributed by atoms with Crippen molar-refractivity contribution in [2.75, 3.05) is 6.61 Å². The number of esters is 1. The Kier molecular flexibility index (Phi) is 7.08. The lowest BCUT2D eigenvalue weighted by molar-refractivity contribution is -0.0548. The van der Waals surface area contributed by atoms with Crippen molar-refractivity contribution >= 4 is 5.97 Å². The van der Waals surface area contributed by atoms with Gasteiger partial charge < -0.3 is 14.9 Å². The van der Waals surface area contributed by atoms with Crippen molar-refractivity contribution in [2.24, 2.45) is 11.7 Å². The molecule has 0 fully saturated rings. The van der Waals surface area contributed by atoms with Crippen molar-refractivity contribution < 1.29 is 19.7 Å². The van der Waals surface area contributed by atoms with E-state index in [0.717, 1.165) is 5.56 Å². The number of cyclic esters (lactones) is 1. The molecule has 2 rings (SSSR count). The van der Waals surface area contributed by atoms with Gasteiger partial charge in [0, 0.05) is 12.2 Å². The molecule has 6 heteroatoms. The van der Waals surface area contributed by atoms with E-state index in [0.29, 0.717) is 11.1 Å². The minimum atomic E-state index is -1.08. The molecule has 0 aliphatic carbocycles. The van der Waals surface area contributed by atoms with E-state index in [9.17, 15) is 9.90 Å². The first-order chi connectivity index (χ1) is 8.10. The van der Waals surface area contributed by atoms with Gasteiger partial charge >= 0.3 is 5.97 Å². The molecule has 0 spiro atoms. The van der Waals surface area contributed by atoms with Crippen LogP contribution in [0.3, 0.4) is 0 Å². The van der Waals surface area contributed by atoms with E-state index >= 15 is 0 Å². The van der Waals surface area contributed by atoms with Crippen molar-refractivity contribution in [3.05, 3.63) is 34.9 Å². The summed E-state index contributed by atoms with van der Waals surface area (Å²) in [7, 11) is 0. The van der Waals surface area contributed by atoms with Crippen LogP contribution in [0.1, 0.15) is 34.7 Å². The van der Waals surface area contributed by atoms with E-state index in [1.165, 1.54) is 0 Å². The Morgan fingerprint density at radius 1 is 1.41 bits per heavy atom. The molecule has 0 bridgehead atoms. The van der Waals surface area contributed by atoms with Crippen LogP contribution >= 0.6 is 0 Å². The number of carbonyl (C=O) groups excluding carboxylic acids is 1. The number of benzene rings is 1. The lowest BCUT2D eigenvalue weighted by Gasteiger charge is -2.00. The summed E-state index contributed by atoms with van der Waals surface area (Å²) in [5.41, 5.74) is 2.04. The highest BCUT2D eigenvalue weighted by Gasteiger charge is 2.28. The molecule has 0 aromatic heterocycles. The zero-order valence-electron chi connectivity index (χ0n) is 9.88. The maximum atomic E-state index is 11.0. The van der Waals surface area contributed by atoms with E-state index in [-0.39, 0.29) is 6.61 Å². The maximum Gasteiger partial charge on any atom is 0.341 e. The topological polar surface area (TPSA) is 119 Å². The third-order valence-electron chi connectivity index (χ3n) is 1.91. The molecule has 0 amide bonds. The van der Waals surface area contributed by atoms with Crippen LogP contribution < -0.4 is 11.7 Å². The van der Waals surface area contributed by atoms with Gasteiger partial charge in [-0.2, -0.15) is 0 Å². The molecule has 6 nitrogen and oxygen atoms in total. The molecule has 1 aliphatic heterocycles. The van der Waals surface area contributed by atoms with Crippen LogP contribution in [0.25, 0.3) is 0 Å². The third-order valence-corrected chi connectivity index (χ3v) is 1.91. The number of hydrogen-bond donors (Lipinski definition) is 4. The van der Waals surface area contributed by atoms with Crippen LogP contribution in [0.15, 0.2) is 18.2 Å². The summed E-state index contributed by atoms with van der Waals surface area (Å²) in [6.45, 7) is 3.83. The van der Waals surface area contributed by atoms with Crippen molar-refractivity contribution in [1.82, 2.24) is 0 Å². The fourth-order valence-corrected chi connectivity index (χ4v) is 1.30. The van der Waals surface area contributed by atoms with Crippen molar-refractivity contribution in [2.45, 2.75) is 20.1 Å². The van der Waals surface area contributed by atoms with Gasteiger partial charge in [-0.3, -0.25) is 11.7 Å². The average Bonchev–Trinajstić information content (AvgIpc) is 2.58. The average molecular weight is 242 g/mol. The summed E-state index contributed by atoms with van der Waals surface area (Å²) in [4.78, 5) is 11.0. The van der Waals surface area contributed by atoms with E-state index in [1.54, 1.807) is 19.1 Å². The van der Waals surface area contributed by atoms with E-state index < -0.39 is 12.3 Å². The number of nitrogens with two attached hydrogens (primary N) is 2. The number of hydrogen-bond acceptors (Lipinski definition) is 6. The smallest absolute Gasteiger partial charge is 0.341 e. The molecule has 1 aromatic rings. The largest absolute Gasteiger partial charge is 0.428 e. The first-order valence-corrected chi connectivity index (χ1v) is 5.04. The molecule has 6 N–H and O–H groups in total. The normalized spacial score (nSPS) is 15.9. The summed E-state index contributed by atoms with van der Waals surface area (Å²) >= 11 is 0. The quantitative estimate of drug-likeness (QED) is 0.288. The highest BCUT2D eigenvalue weighted by molar-refractivity contribution is 5.93. The number of ether oxygens (including phenoxy) is 1. The van der Waals surface area contributed by atoms with Crippen molar-refractivity contribution in [3.63, 3.8) is 0 Å². The molecular formula is C11H18N2O4. The minimum absolute atomic E-state index is 0.250. The summed E-state index contributed by atoms with van der Waals surface area (Å²) in [6.07, 6.45) is -1.08. The van der Waals surface area contributed by atoms with E-state index in [2.05, 4.69) is 16.4 Å². The second-order valence-corrected chi connectivity index (χ2v) is 3.16. The zero-order valence-corrected chi connectivity index (χ0v) is 9.88. The number of carbonyl (C=O) groups is 1. The second kappa shape index (κ2) is 7.75. The van der Waals surface area contributed by atoms with Crippen LogP contribution in [-0.4, -0.2) is 22.8 Å². The zero-order chi connectivity index (χ0) is 13.4. The van der Waals surface area contributed by atoms with Gasteiger partial charge in [0.2, 0.25) is 6.29 Å². The van der Waals surface area contributed by atoms with Crippen molar-refractivity contribution in [1.29, 1.82) is 0 Å². The molecule has 17 heavy (non-hydrogen) atoms. The summed E-state index contributed by atoms with van der Waals surface area (Å²) in [5, 5.41) is 16.8. The summed E-state index contributed by atoms with van der Waals surface area (Å²) in [6, 6.07) is 5.24. The van der Waals surface area contributed by atoms with Crippen LogP contribution in [0.5, 0.6) is 0 Å². The highest BCUT2D eigenvalue weighted by atomic mass is 16.6. The number of rotatable bonds is 0. The standard InChI is InChI=1S/C9H8O3.C2H6O.H4N2/c1-5-2-3-6-7(4-5)9(11)12-8(6)10;1-2-3;1-2/h2-4,9,11H,1H3;3H,2H2,1H3;1-2H2. The SMILES string of the molecule is CCO.Cc1ccc2c(c1)C(O)OC2=O.NN. The van der Waals surface area contributed by atoms with Gasteiger partial charge in [-0.1, -0.05) is 11.6 Å². The van der Waals surface area contributed by atoms with Gasteiger partial charge in [0.1, 0.15) is 0 Å². The van der Waals surface area contributed by atoms with Gasteiger partial charge in [0.05, 0.1) is 5.56 Å². The lowest BCUT2D eigenvalue weighted by Crippen LogP contribution is -2.02. The first kappa shape index (κ1) is 15.5. The van der Waals surface area contributed by atoms with Crippen LogP contribution in [0.4, 0.5) is 0 Å². The highest BCUT2D eigenvalue weighted by Crippen LogP contribution is 2.28. The molecule has 1 atom stereocenters. The van der Waals surface area contributed by atoms with Gasteiger partial charge in [-0.05, 0) is 26.0 Å². The molecule has 1 heterocycles. The summed E-state index contributed by atoms with van der Waals surface area (Å²) < 4.78 is 4.60. The predicted molar refractivity (Wildman–Crippen MR) is 62.7 cm³/mol. The number of hydrazine groups is 1. The molecule has 1 aromatic carbocycles. The summed E-state index contributed by atoms with van der Waals surface area (Å²) in [5.74, 6) is 7.55. The van der Waals surface area contributed by atoms with Crippen LogP contribution in [-0.2, 0) is 4.74 Å². The minimum Gasteiger partial charge on any atom is -0.428 e. The second-order valence-electron chi connectivity index (χ2n) is 3.16. The van der Waals surface area contributed by atoms with Crippen LogP contribution in [0, 0.1) is 6.92 Å². The Balaban J connectivity index is 0.000000450. The van der Waals surface area contributed by atoms with Gasteiger partial charge in [-0.25, -0.2) is 4.79 Å². The van der Waals surface area contributed by atoms with Crippen molar-refractivity contribution in [3.8, 4) is 0 Å². The van der Waals surface area contributed by atoms with Crippen LogP contribution in [0.2, 0.25) is 0 Å². The number of fused-ring (bicyclic) bond motifs is 1. The molecule has 0 radical (unpaired) electrons. The fourth-order valence-electron chi connectivity index (χ4n) is 1.30. The molecular weight excluding hydrogens is 224 g/mol. The Labute approximate surface area is 99.8 Å². The van der Waals surface area contributed by atoms with Gasteiger partial charge in [0.25, 0.3) is 0 Å². The van der Waals surface area contributed by atoms with E-state index in [1.807, 2.05) is 13.0 Å². The van der Waals surface area contributed by atoms with Gasteiger partial charge in [-0.15, -0.1) is 0 Å². The monoisotopic (exact) mass is 242 g/mol. The van der Waals surface area contributed by atoms with E-state index in [4.69, 9.17) is 5.11 Å². The lowest BCUT2D eigenvalue weighted by atomic mass is 10.1. The maximum absolute atomic E-state index is 11.0. The Bertz CT molecular complexity index is 368. The number of aliphatic hydroxyl groups is 2. The Hall–Kier alpha value is -1.47. The molecule has 1 aliphatic rings. The third kappa shape index (κ3) is 4.12. The molecule has 0 saturated heterocycles. The predicted octanol–water partition coefficient (Wildman–Crippen LogP) is -0.0263. The Morgan fingerprint density at radius 3 is 2.47 bits per heavy atom. The molecule has 0 saturated carbocycles. The number of aryl methyl sites for hydroxylation is 1. The molecule has 96 valence electrons.